The van der Waals surface area contributed by atoms with Gasteiger partial charge in [0.2, 0.25) is 0 Å². The summed E-state index contributed by atoms with van der Waals surface area (Å²) in [6, 6.07) is 12.4. The van der Waals surface area contributed by atoms with Gasteiger partial charge < -0.3 is 19.5 Å². The smallest absolute Gasteiger partial charge is 0.165 e. The van der Waals surface area contributed by atoms with Gasteiger partial charge in [-0.2, -0.15) is 0 Å². The molecule has 0 radical (unpaired) electrons. The minimum absolute atomic E-state index is 0.392. The molecule has 0 aromatic heterocycles. The van der Waals surface area contributed by atoms with Gasteiger partial charge in [-0.05, 0) is 24.1 Å². The van der Waals surface area contributed by atoms with Gasteiger partial charge in [0.1, 0.15) is 36.8 Å². The third kappa shape index (κ3) is 1.98. The van der Waals surface area contributed by atoms with E-state index in [0.717, 1.165) is 47.3 Å². The van der Waals surface area contributed by atoms with Crippen molar-refractivity contribution in [1.29, 1.82) is 0 Å². The molecule has 0 saturated heterocycles. The second-order valence-corrected chi connectivity index (χ2v) is 6.59. The number of benzene rings is 2. The van der Waals surface area contributed by atoms with Gasteiger partial charge >= 0.3 is 0 Å². The summed E-state index contributed by atoms with van der Waals surface area (Å²) in [4.78, 5) is 4.86. The number of nitrogens with zero attached hydrogens (tertiary/aromatic N) is 1. The van der Waals surface area contributed by atoms with Crippen LogP contribution in [0.15, 0.2) is 41.4 Å². The zero-order valence-electron chi connectivity index (χ0n) is 14.2. The van der Waals surface area contributed by atoms with Gasteiger partial charge in [0, 0.05) is 23.9 Å². The highest BCUT2D eigenvalue weighted by Gasteiger charge is 2.52. The lowest BCUT2D eigenvalue weighted by molar-refractivity contribution is 0.171. The quantitative estimate of drug-likeness (QED) is 0.913. The van der Waals surface area contributed by atoms with Crippen molar-refractivity contribution < 1.29 is 14.2 Å². The Morgan fingerprint density at radius 3 is 2.64 bits per heavy atom. The molecule has 0 saturated carbocycles. The van der Waals surface area contributed by atoms with Crippen LogP contribution in [0.4, 0.5) is 5.69 Å². The molecule has 25 heavy (non-hydrogen) atoms. The SMILES string of the molecule is CCCN=C1Nc2ccccc2C12COc1cc3c(cc12)OCCO3. The summed E-state index contributed by atoms with van der Waals surface area (Å²) in [6.07, 6.45) is 1.01. The van der Waals surface area contributed by atoms with Crippen molar-refractivity contribution in [1.82, 2.24) is 0 Å². The topological polar surface area (TPSA) is 52.1 Å². The Morgan fingerprint density at radius 1 is 1.00 bits per heavy atom. The van der Waals surface area contributed by atoms with E-state index in [1.165, 1.54) is 5.56 Å². The molecule has 1 unspecified atom stereocenters. The zero-order chi connectivity index (χ0) is 16.9. The molecule has 1 N–H and O–H groups in total. The molecule has 5 rings (SSSR count). The third-order valence-electron chi connectivity index (χ3n) is 5.09. The summed E-state index contributed by atoms with van der Waals surface area (Å²) in [7, 11) is 0. The van der Waals surface area contributed by atoms with Gasteiger partial charge in [-0.1, -0.05) is 25.1 Å². The number of amidine groups is 1. The lowest BCUT2D eigenvalue weighted by atomic mass is 9.76. The Bertz CT molecular complexity index is 877. The van der Waals surface area contributed by atoms with Crippen molar-refractivity contribution in [2.24, 2.45) is 4.99 Å². The predicted molar refractivity (Wildman–Crippen MR) is 96.4 cm³/mol. The summed E-state index contributed by atoms with van der Waals surface area (Å²) in [5.74, 6) is 3.36. The zero-order valence-corrected chi connectivity index (χ0v) is 14.2. The van der Waals surface area contributed by atoms with Crippen LogP contribution < -0.4 is 19.5 Å². The van der Waals surface area contributed by atoms with Gasteiger partial charge in [0.05, 0.1) is 0 Å². The summed E-state index contributed by atoms with van der Waals surface area (Å²) in [5, 5.41) is 3.52. The molecule has 1 atom stereocenters. The molecular weight excluding hydrogens is 316 g/mol. The molecule has 3 aliphatic rings. The van der Waals surface area contributed by atoms with E-state index in [0.29, 0.717) is 19.8 Å². The Kier molecular flexibility index (Phi) is 3.17. The number of rotatable bonds is 2. The summed E-state index contributed by atoms with van der Waals surface area (Å²) in [5.41, 5.74) is 3.02. The lowest BCUT2D eigenvalue weighted by Crippen LogP contribution is -2.37. The monoisotopic (exact) mass is 336 g/mol. The van der Waals surface area contributed by atoms with Gasteiger partial charge in [-0.3, -0.25) is 4.99 Å². The number of fused-ring (bicyclic) bond motifs is 5. The van der Waals surface area contributed by atoms with E-state index in [2.05, 4.69) is 36.5 Å². The van der Waals surface area contributed by atoms with Crippen LogP contribution in [0.25, 0.3) is 0 Å². The van der Waals surface area contributed by atoms with E-state index < -0.39 is 5.41 Å². The van der Waals surface area contributed by atoms with Crippen molar-refractivity contribution in [3.63, 3.8) is 0 Å². The largest absolute Gasteiger partial charge is 0.491 e. The average molecular weight is 336 g/mol. The van der Waals surface area contributed by atoms with Gasteiger partial charge in [-0.25, -0.2) is 0 Å². The van der Waals surface area contributed by atoms with E-state index in [4.69, 9.17) is 19.2 Å². The van der Waals surface area contributed by atoms with Gasteiger partial charge in [0.15, 0.2) is 11.5 Å². The summed E-state index contributed by atoms with van der Waals surface area (Å²) < 4.78 is 17.6. The standard InChI is InChI=1S/C20H20N2O3/c1-2-7-21-19-20(13-5-3-4-6-15(13)22-19)12-25-16-11-18-17(10-14(16)20)23-8-9-24-18/h3-6,10-11H,2,7-9,12H2,1H3,(H,21,22). The van der Waals surface area contributed by atoms with Crippen LogP contribution in [0.3, 0.4) is 0 Å². The van der Waals surface area contributed by atoms with Crippen molar-refractivity contribution >= 4 is 11.5 Å². The van der Waals surface area contributed by atoms with Gasteiger partial charge in [0.25, 0.3) is 0 Å². The predicted octanol–water partition coefficient (Wildman–Crippen LogP) is 3.37. The number of ether oxygens (including phenoxy) is 3. The Hall–Kier alpha value is -2.69. The maximum absolute atomic E-state index is 6.11. The van der Waals surface area contributed by atoms with Crippen LogP contribution in [-0.2, 0) is 5.41 Å². The highest BCUT2D eigenvalue weighted by molar-refractivity contribution is 6.13. The first-order valence-electron chi connectivity index (χ1n) is 8.81. The molecular formula is C20H20N2O3. The lowest BCUT2D eigenvalue weighted by Gasteiger charge is -2.25. The average Bonchev–Trinajstić information content (AvgIpc) is 3.18. The molecule has 1 spiro atoms. The van der Waals surface area contributed by atoms with Crippen LogP contribution in [-0.4, -0.2) is 32.2 Å². The Morgan fingerprint density at radius 2 is 1.80 bits per heavy atom. The Balaban J connectivity index is 1.73. The first-order valence-corrected chi connectivity index (χ1v) is 8.81. The summed E-state index contributed by atoms with van der Waals surface area (Å²) in [6.45, 7) is 4.62. The minimum atomic E-state index is -0.392. The van der Waals surface area contributed by atoms with Crippen molar-refractivity contribution in [2.45, 2.75) is 18.8 Å². The normalized spacial score (nSPS) is 24.0. The second kappa shape index (κ2) is 5.41. The van der Waals surface area contributed by atoms with Crippen molar-refractivity contribution in [2.75, 3.05) is 31.7 Å². The van der Waals surface area contributed by atoms with E-state index in [-0.39, 0.29) is 0 Å². The highest BCUT2D eigenvalue weighted by Crippen LogP contribution is 2.53. The molecule has 2 aromatic carbocycles. The number of hydrogen-bond acceptors (Lipinski definition) is 4. The van der Waals surface area contributed by atoms with Crippen LogP contribution in [0.2, 0.25) is 0 Å². The molecule has 0 aliphatic carbocycles. The number of para-hydroxylation sites is 1. The first-order chi connectivity index (χ1) is 12.3. The maximum atomic E-state index is 6.11. The molecule has 0 fully saturated rings. The summed E-state index contributed by atoms with van der Waals surface area (Å²) >= 11 is 0. The number of nitrogens with one attached hydrogen (secondary N) is 1. The number of hydrogen-bond donors (Lipinski definition) is 1. The Labute approximate surface area is 146 Å². The molecule has 2 aromatic rings. The fourth-order valence-electron chi connectivity index (χ4n) is 3.93. The highest BCUT2D eigenvalue weighted by atomic mass is 16.6. The third-order valence-corrected chi connectivity index (χ3v) is 5.09. The molecule has 128 valence electrons. The van der Waals surface area contributed by atoms with Gasteiger partial charge in [-0.15, -0.1) is 0 Å². The van der Waals surface area contributed by atoms with E-state index in [1.807, 2.05) is 12.1 Å². The maximum Gasteiger partial charge on any atom is 0.165 e. The fourth-order valence-corrected chi connectivity index (χ4v) is 3.93. The molecule has 5 heteroatoms. The van der Waals surface area contributed by atoms with Crippen LogP contribution in [0.5, 0.6) is 17.2 Å². The van der Waals surface area contributed by atoms with Crippen molar-refractivity contribution in [3.8, 4) is 17.2 Å². The van der Waals surface area contributed by atoms with E-state index >= 15 is 0 Å². The van der Waals surface area contributed by atoms with Crippen molar-refractivity contribution in [3.05, 3.63) is 47.5 Å². The molecule has 3 heterocycles. The molecule has 3 aliphatic heterocycles. The molecule has 0 amide bonds. The van der Waals surface area contributed by atoms with Crippen LogP contribution >= 0.6 is 0 Å². The van der Waals surface area contributed by atoms with E-state index in [9.17, 15) is 0 Å². The first kappa shape index (κ1) is 14.6. The molecule has 5 nitrogen and oxygen atoms in total. The number of aliphatic imine (C=N–C) groups is 1. The fraction of sp³-hybridized carbons (Fsp3) is 0.350. The number of anilines is 1. The van der Waals surface area contributed by atoms with Crippen LogP contribution in [0, 0.1) is 0 Å². The van der Waals surface area contributed by atoms with E-state index in [1.54, 1.807) is 0 Å². The molecule has 0 bridgehead atoms. The second-order valence-electron chi connectivity index (χ2n) is 6.59. The minimum Gasteiger partial charge on any atom is -0.491 e. The van der Waals surface area contributed by atoms with Crippen LogP contribution in [0.1, 0.15) is 24.5 Å².